The van der Waals surface area contributed by atoms with E-state index in [-0.39, 0.29) is 12.1 Å². The van der Waals surface area contributed by atoms with Crippen molar-refractivity contribution in [3.05, 3.63) is 57.0 Å². The highest BCUT2D eigenvalue weighted by atomic mass is 19.4. The summed E-state index contributed by atoms with van der Waals surface area (Å²) in [7, 11) is 1.94. The molecule has 128 valence electrons. The van der Waals surface area contributed by atoms with Gasteiger partial charge in [-0.2, -0.15) is 13.2 Å². The van der Waals surface area contributed by atoms with Crippen molar-refractivity contribution >= 4 is 0 Å². The Morgan fingerprint density at radius 2 is 2.04 bits per heavy atom. The monoisotopic (exact) mass is 338 g/mol. The molecule has 0 fully saturated rings. The summed E-state index contributed by atoms with van der Waals surface area (Å²) in [4.78, 5) is 22.7. The minimum atomic E-state index is -4.47. The largest absolute Gasteiger partial charge is 0.433 e. The lowest BCUT2D eigenvalue weighted by atomic mass is 10.1. The first kappa shape index (κ1) is 16.6. The van der Waals surface area contributed by atoms with E-state index in [4.69, 9.17) is 0 Å². The molecule has 1 aliphatic heterocycles. The van der Waals surface area contributed by atoms with Crippen molar-refractivity contribution < 1.29 is 13.2 Å². The zero-order valence-corrected chi connectivity index (χ0v) is 13.4. The molecular formula is C16H17F3N4O. The van der Waals surface area contributed by atoms with Crippen molar-refractivity contribution in [2.45, 2.75) is 32.6 Å². The van der Waals surface area contributed by atoms with Crippen LogP contribution in [0, 0.1) is 6.92 Å². The van der Waals surface area contributed by atoms with Gasteiger partial charge in [-0.25, -0.2) is 4.98 Å². The summed E-state index contributed by atoms with van der Waals surface area (Å²) in [6.07, 6.45) is -2.59. The number of halogens is 3. The Morgan fingerprint density at radius 3 is 2.67 bits per heavy atom. The summed E-state index contributed by atoms with van der Waals surface area (Å²) < 4.78 is 39.2. The third kappa shape index (κ3) is 3.19. The van der Waals surface area contributed by atoms with Gasteiger partial charge in [0.1, 0.15) is 11.5 Å². The maximum absolute atomic E-state index is 12.7. The fraction of sp³-hybridized carbons (Fsp3) is 0.438. The van der Waals surface area contributed by atoms with Gasteiger partial charge in [-0.1, -0.05) is 6.07 Å². The predicted molar refractivity (Wildman–Crippen MR) is 81.6 cm³/mol. The van der Waals surface area contributed by atoms with E-state index in [1.807, 2.05) is 11.9 Å². The second-order valence-corrected chi connectivity index (χ2v) is 6.01. The minimum Gasteiger partial charge on any atom is -0.301 e. The number of hydrogen-bond donors (Lipinski definition) is 0. The maximum atomic E-state index is 12.7. The first-order valence-corrected chi connectivity index (χ1v) is 7.55. The van der Waals surface area contributed by atoms with E-state index in [1.165, 1.54) is 10.6 Å². The molecule has 0 N–H and O–H groups in total. The van der Waals surface area contributed by atoms with E-state index < -0.39 is 11.9 Å². The number of aryl methyl sites for hydroxylation is 1. The molecule has 8 heteroatoms. The molecule has 1 aliphatic rings. The van der Waals surface area contributed by atoms with Crippen LogP contribution in [0.3, 0.4) is 0 Å². The molecule has 0 amide bonds. The molecule has 3 rings (SSSR count). The van der Waals surface area contributed by atoms with Crippen molar-refractivity contribution in [2.75, 3.05) is 13.6 Å². The first-order valence-electron chi connectivity index (χ1n) is 7.55. The lowest BCUT2D eigenvalue weighted by Crippen LogP contribution is -2.37. The highest BCUT2D eigenvalue weighted by Gasteiger charge is 2.32. The van der Waals surface area contributed by atoms with Crippen LogP contribution in [0.2, 0.25) is 0 Å². The molecular weight excluding hydrogens is 321 g/mol. The van der Waals surface area contributed by atoms with Crippen molar-refractivity contribution in [1.82, 2.24) is 19.4 Å². The van der Waals surface area contributed by atoms with Crippen LogP contribution >= 0.6 is 0 Å². The van der Waals surface area contributed by atoms with Crippen molar-refractivity contribution in [3.63, 3.8) is 0 Å². The van der Waals surface area contributed by atoms with Crippen LogP contribution in [0.1, 0.15) is 28.3 Å². The van der Waals surface area contributed by atoms with E-state index in [9.17, 15) is 18.0 Å². The Bertz CT molecular complexity index is 812. The summed E-state index contributed by atoms with van der Waals surface area (Å²) >= 11 is 0. The lowest BCUT2D eigenvalue weighted by Gasteiger charge is -2.25. The van der Waals surface area contributed by atoms with Crippen molar-refractivity contribution in [1.29, 1.82) is 0 Å². The van der Waals surface area contributed by atoms with Crippen LogP contribution in [-0.2, 0) is 25.7 Å². The number of fused-ring (bicyclic) bond motifs is 1. The van der Waals surface area contributed by atoms with Gasteiger partial charge in [0.25, 0.3) is 5.56 Å². The van der Waals surface area contributed by atoms with E-state index in [1.54, 1.807) is 6.92 Å². The molecule has 2 aromatic rings. The molecule has 0 unspecified atom stereocenters. The number of aromatic nitrogens is 3. The second kappa shape index (κ2) is 6.01. The maximum Gasteiger partial charge on any atom is 0.433 e. The van der Waals surface area contributed by atoms with Gasteiger partial charge in [0.05, 0.1) is 17.8 Å². The lowest BCUT2D eigenvalue weighted by molar-refractivity contribution is -0.141. The summed E-state index contributed by atoms with van der Waals surface area (Å²) in [5.74, 6) is 0.559. The minimum absolute atomic E-state index is 0.135. The normalized spacial score (nSPS) is 15.4. The Morgan fingerprint density at radius 1 is 1.29 bits per heavy atom. The van der Waals surface area contributed by atoms with Crippen LogP contribution in [0.5, 0.6) is 0 Å². The van der Waals surface area contributed by atoms with E-state index in [0.717, 1.165) is 30.9 Å². The van der Waals surface area contributed by atoms with Crippen LogP contribution in [0.25, 0.3) is 0 Å². The van der Waals surface area contributed by atoms with E-state index >= 15 is 0 Å². The highest BCUT2D eigenvalue weighted by Crippen LogP contribution is 2.27. The topological polar surface area (TPSA) is 51.0 Å². The molecule has 0 saturated carbocycles. The SMILES string of the molecule is Cc1nc2c(c(=O)n1Cc1ccc(C(F)(F)F)nc1)CN(C)CC2. The Balaban J connectivity index is 1.93. The average Bonchev–Trinajstić information content (AvgIpc) is 2.52. The standard InChI is InChI=1S/C16H17F3N4O/c1-10-21-13-5-6-22(2)9-12(13)15(24)23(10)8-11-3-4-14(20-7-11)16(17,18)19/h3-4,7H,5-6,8-9H2,1-2H3. The molecule has 24 heavy (non-hydrogen) atoms. The number of rotatable bonds is 2. The van der Waals surface area contributed by atoms with Gasteiger partial charge in [0.2, 0.25) is 0 Å². The summed E-state index contributed by atoms with van der Waals surface area (Å²) in [5, 5.41) is 0. The summed E-state index contributed by atoms with van der Waals surface area (Å²) in [6.45, 7) is 3.27. The molecule has 0 aromatic carbocycles. The molecule has 0 radical (unpaired) electrons. The van der Waals surface area contributed by atoms with Gasteiger partial charge in [0.15, 0.2) is 0 Å². The van der Waals surface area contributed by atoms with E-state index in [0.29, 0.717) is 23.5 Å². The Hall–Kier alpha value is -2.22. The summed E-state index contributed by atoms with van der Waals surface area (Å²) in [6, 6.07) is 2.27. The fourth-order valence-electron chi connectivity index (χ4n) is 2.82. The number of hydrogen-bond acceptors (Lipinski definition) is 4. The third-order valence-electron chi connectivity index (χ3n) is 4.15. The molecule has 0 bridgehead atoms. The molecule has 0 saturated heterocycles. The van der Waals surface area contributed by atoms with Crippen LogP contribution in [0.15, 0.2) is 23.1 Å². The Labute approximate surface area is 136 Å². The van der Waals surface area contributed by atoms with Crippen molar-refractivity contribution in [2.24, 2.45) is 0 Å². The molecule has 2 aromatic heterocycles. The van der Waals surface area contributed by atoms with Gasteiger partial charge in [0, 0.05) is 25.7 Å². The molecule has 5 nitrogen and oxygen atoms in total. The molecule has 0 atom stereocenters. The smallest absolute Gasteiger partial charge is 0.301 e. The highest BCUT2D eigenvalue weighted by molar-refractivity contribution is 5.23. The van der Waals surface area contributed by atoms with Gasteiger partial charge in [-0.05, 0) is 25.6 Å². The van der Waals surface area contributed by atoms with Gasteiger partial charge < -0.3 is 4.90 Å². The van der Waals surface area contributed by atoms with Gasteiger partial charge >= 0.3 is 6.18 Å². The van der Waals surface area contributed by atoms with Gasteiger partial charge in [-0.3, -0.25) is 14.3 Å². The second-order valence-electron chi connectivity index (χ2n) is 6.01. The van der Waals surface area contributed by atoms with Crippen LogP contribution < -0.4 is 5.56 Å². The summed E-state index contributed by atoms with van der Waals surface area (Å²) in [5.41, 5.74) is 0.926. The number of likely N-dealkylation sites (N-methyl/N-ethyl adjacent to an activating group) is 1. The zero-order valence-electron chi connectivity index (χ0n) is 13.4. The zero-order chi connectivity index (χ0) is 17.5. The van der Waals surface area contributed by atoms with Crippen LogP contribution in [0.4, 0.5) is 13.2 Å². The fourth-order valence-corrected chi connectivity index (χ4v) is 2.82. The predicted octanol–water partition coefficient (Wildman–Crippen LogP) is 2.00. The average molecular weight is 338 g/mol. The van der Waals surface area contributed by atoms with Crippen molar-refractivity contribution in [3.8, 4) is 0 Å². The molecule has 3 heterocycles. The van der Waals surface area contributed by atoms with E-state index in [2.05, 4.69) is 9.97 Å². The number of nitrogens with zero attached hydrogens (tertiary/aromatic N) is 4. The van der Waals surface area contributed by atoms with Crippen LogP contribution in [-0.4, -0.2) is 33.0 Å². The first-order chi connectivity index (χ1) is 11.3. The van der Waals surface area contributed by atoms with Gasteiger partial charge in [-0.15, -0.1) is 0 Å². The Kier molecular flexibility index (Phi) is 4.16. The molecule has 0 aliphatic carbocycles. The number of pyridine rings is 1. The number of alkyl halides is 3. The molecule has 0 spiro atoms. The quantitative estimate of drug-likeness (QED) is 0.840. The third-order valence-corrected chi connectivity index (χ3v) is 4.15.